The van der Waals surface area contributed by atoms with E-state index in [0.717, 1.165) is 21.2 Å². The quantitative estimate of drug-likeness (QED) is 0.932. The monoisotopic (exact) mass is 280 g/mol. The summed E-state index contributed by atoms with van der Waals surface area (Å²) < 4.78 is 5.92. The van der Waals surface area contributed by atoms with Crippen molar-refractivity contribution in [1.82, 2.24) is 0 Å². The van der Waals surface area contributed by atoms with Crippen molar-refractivity contribution in [3.63, 3.8) is 0 Å². The van der Waals surface area contributed by atoms with Crippen LogP contribution in [0.3, 0.4) is 0 Å². The Morgan fingerprint density at radius 2 is 2.19 bits per heavy atom. The van der Waals surface area contributed by atoms with E-state index < -0.39 is 6.10 Å². The maximum absolute atomic E-state index is 10.1. The third-order valence-corrected chi connectivity index (χ3v) is 3.24. The number of hydrogen-bond donors (Lipinski definition) is 1. The van der Waals surface area contributed by atoms with Gasteiger partial charge in [0, 0.05) is 10.9 Å². The first-order valence-corrected chi connectivity index (χ1v) is 5.91. The van der Waals surface area contributed by atoms with Crippen molar-refractivity contribution >= 4 is 15.9 Å². The molecular formula is C13H13BrO2. The van der Waals surface area contributed by atoms with E-state index in [1.807, 2.05) is 31.2 Å². The Morgan fingerprint density at radius 3 is 2.88 bits per heavy atom. The van der Waals surface area contributed by atoms with Gasteiger partial charge < -0.3 is 9.52 Å². The van der Waals surface area contributed by atoms with Gasteiger partial charge in [0.25, 0.3) is 0 Å². The molecule has 1 atom stereocenters. The van der Waals surface area contributed by atoms with Gasteiger partial charge in [-0.25, -0.2) is 0 Å². The van der Waals surface area contributed by atoms with E-state index in [4.69, 9.17) is 4.42 Å². The molecule has 1 N–H and O–H groups in total. The van der Waals surface area contributed by atoms with Crippen molar-refractivity contribution in [2.24, 2.45) is 0 Å². The number of furan rings is 1. The molecule has 0 aliphatic carbocycles. The molecule has 0 radical (unpaired) electrons. The van der Waals surface area contributed by atoms with Crippen LogP contribution in [0.2, 0.25) is 0 Å². The topological polar surface area (TPSA) is 33.4 Å². The maximum atomic E-state index is 10.1. The summed E-state index contributed by atoms with van der Waals surface area (Å²) in [4.78, 5) is 0. The summed E-state index contributed by atoms with van der Waals surface area (Å²) in [6.45, 7) is 2.01. The molecule has 0 aliphatic rings. The summed E-state index contributed by atoms with van der Waals surface area (Å²) in [5.41, 5.74) is 3.06. The highest BCUT2D eigenvalue weighted by molar-refractivity contribution is 9.10. The molecule has 1 heterocycles. The zero-order valence-electron chi connectivity index (χ0n) is 8.98. The lowest BCUT2D eigenvalue weighted by molar-refractivity contribution is 0.177. The first-order chi connectivity index (χ1) is 7.66. The average Bonchev–Trinajstić information content (AvgIpc) is 2.74. The fraction of sp³-hybridized carbons (Fsp3) is 0.231. The summed E-state index contributed by atoms with van der Waals surface area (Å²) in [5, 5.41) is 10.1. The first kappa shape index (κ1) is 11.4. The summed E-state index contributed by atoms with van der Waals surface area (Å²) >= 11 is 3.45. The highest BCUT2D eigenvalue weighted by Gasteiger charge is 2.12. The van der Waals surface area contributed by atoms with Crippen LogP contribution in [-0.4, -0.2) is 5.11 Å². The fourth-order valence-corrected chi connectivity index (χ4v) is 2.17. The standard InChI is InChI=1S/C13H13BrO2/c1-9-2-3-12(14)11(6-9)13(15)7-10-4-5-16-8-10/h2-6,8,13,15H,7H2,1H3. The lowest BCUT2D eigenvalue weighted by Crippen LogP contribution is -2.02. The van der Waals surface area contributed by atoms with Gasteiger partial charge in [0.05, 0.1) is 18.6 Å². The second kappa shape index (κ2) is 4.85. The number of benzene rings is 1. The van der Waals surface area contributed by atoms with E-state index in [2.05, 4.69) is 15.9 Å². The Morgan fingerprint density at radius 1 is 1.38 bits per heavy atom. The molecule has 1 unspecified atom stereocenters. The third kappa shape index (κ3) is 2.54. The van der Waals surface area contributed by atoms with Crippen LogP contribution in [0.5, 0.6) is 0 Å². The van der Waals surface area contributed by atoms with Crippen LogP contribution < -0.4 is 0 Å². The molecule has 1 aromatic carbocycles. The van der Waals surface area contributed by atoms with Crippen LogP contribution in [0, 0.1) is 6.92 Å². The minimum Gasteiger partial charge on any atom is -0.472 e. The van der Waals surface area contributed by atoms with Crippen LogP contribution in [0.4, 0.5) is 0 Å². The van der Waals surface area contributed by atoms with Crippen LogP contribution in [0.25, 0.3) is 0 Å². The van der Waals surface area contributed by atoms with Gasteiger partial charge in [-0.05, 0) is 30.2 Å². The molecule has 3 heteroatoms. The lowest BCUT2D eigenvalue weighted by atomic mass is 10.0. The molecule has 2 aromatic rings. The maximum Gasteiger partial charge on any atom is 0.0935 e. The second-order valence-electron chi connectivity index (χ2n) is 3.88. The molecule has 0 aliphatic heterocycles. The SMILES string of the molecule is Cc1ccc(Br)c(C(O)Cc2ccoc2)c1. The number of hydrogen-bond acceptors (Lipinski definition) is 2. The Labute approximate surface area is 103 Å². The minimum absolute atomic E-state index is 0.508. The largest absolute Gasteiger partial charge is 0.472 e. The number of halogens is 1. The Hall–Kier alpha value is -1.06. The van der Waals surface area contributed by atoms with Crippen molar-refractivity contribution in [3.05, 3.63) is 58.0 Å². The van der Waals surface area contributed by atoms with Gasteiger partial charge in [-0.2, -0.15) is 0 Å². The molecule has 2 nitrogen and oxygen atoms in total. The van der Waals surface area contributed by atoms with Crippen molar-refractivity contribution < 1.29 is 9.52 Å². The zero-order valence-corrected chi connectivity index (χ0v) is 10.6. The minimum atomic E-state index is -0.508. The summed E-state index contributed by atoms with van der Waals surface area (Å²) in [6, 6.07) is 7.84. The predicted molar refractivity (Wildman–Crippen MR) is 66.3 cm³/mol. The molecule has 0 spiro atoms. The predicted octanol–water partition coefficient (Wildman–Crippen LogP) is 3.63. The van der Waals surface area contributed by atoms with Crippen molar-refractivity contribution in [3.8, 4) is 0 Å². The van der Waals surface area contributed by atoms with Gasteiger partial charge in [0.2, 0.25) is 0 Å². The fourth-order valence-electron chi connectivity index (χ4n) is 1.66. The summed E-state index contributed by atoms with van der Waals surface area (Å²) in [5.74, 6) is 0. The molecule has 2 rings (SSSR count). The lowest BCUT2D eigenvalue weighted by Gasteiger charge is -2.12. The zero-order chi connectivity index (χ0) is 11.5. The van der Waals surface area contributed by atoms with Gasteiger partial charge in [-0.3, -0.25) is 0 Å². The van der Waals surface area contributed by atoms with E-state index in [9.17, 15) is 5.11 Å². The molecular weight excluding hydrogens is 268 g/mol. The number of rotatable bonds is 3. The number of aliphatic hydroxyl groups excluding tert-OH is 1. The molecule has 84 valence electrons. The Kier molecular flexibility index (Phi) is 3.46. The highest BCUT2D eigenvalue weighted by atomic mass is 79.9. The molecule has 16 heavy (non-hydrogen) atoms. The smallest absolute Gasteiger partial charge is 0.0935 e. The van der Waals surface area contributed by atoms with E-state index >= 15 is 0 Å². The van der Waals surface area contributed by atoms with Gasteiger partial charge in [-0.1, -0.05) is 33.6 Å². The van der Waals surface area contributed by atoms with Gasteiger partial charge >= 0.3 is 0 Å². The third-order valence-electron chi connectivity index (χ3n) is 2.52. The Bertz CT molecular complexity index is 463. The van der Waals surface area contributed by atoms with E-state index in [1.54, 1.807) is 12.5 Å². The van der Waals surface area contributed by atoms with Crippen LogP contribution >= 0.6 is 15.9 Å². The molecule has 0 saturated carbocycles. The highest BCUT2D eigenvalue weighted by Crippen LogP contribution is 2.27. The Balaban J connectivity index is 2.20. The second-order valence-corrected chi connectivity index (χ2v) is 4.73. The van der Waals surface area contributed by atoms with Crippen molar-refractivity contribution in [2.45, 2.75) is 19.4 Å². The molecule has 0 bridgehead atoms. The van der Waals surface area contributed by atoms with Gasteiger partial charge in [-0.15, -0.1) is 0 Å². The number of aliphatic hydroxyl groups is 1. The summed E-state index contributed by atoms with van der Waals surface area (Å²) in [6.07, 6.45) is 3.34. The summed E-state index contributed by atoms with van der Waals surface area (Å²) in [7, 11) is 0. The van der Waals surface area contributed by atoms with Crippen molar-refractivity contribution in [2.75, 3.05) is 0 Å². The van der Waals surface area contributed by atoms with Crippen molar-refractivity contribution in [1.29, 1.82) is 0 Å². The molecule has 0 fully saturated rings. The van der Waals surface area contributed by atoms with E-state index in [0.29, 0.717) is 6.42 Å². The average molecular weight is 281 g/mol. The van der Waals surface area contributed by atoms with Crippen LogP contribution in [-0.2, 0) is 6.42 Å². The normalized spacial score (nSPS) is 12.7. The van der Waals surface area contributed by atoms with E-state index in [-0.39, 0.29) is 0 Å². The van der Waals surface area contributed by atoms with Crippen LogP contribution in [0.15, 0.2) is 45.7 Å². The van der Waals surface area contributed by atoms with Gasteiger partial charge in [0.15, 0.2) is 0 Å². The molecule has 1 aromatic heterocycles. The molecule has 0 saturated heterocycles. The first-order valence-electron chi connectivity index (χ1n) is 5.12. The van der Waals surface area contributed by atoms with Gasteiger partial charge in [0.1, 0.15) is 0 Å². The van der Waals surface area contributed by atoms with Crippen LogP contribution in [0.1, 0.15) is 22.8 Å². The number of aryl methyl sites for hydroxylation is 1. The van der Waals surface area contributed by atoms with E-state index in [1.165, 1.54) is 0 Å². The molecule has 0 amide bonds.